The molecule has 0 fully saturated rings. The Bertz CT molecular complexity index is 947. The second kappa shape index (κ2) is 11.7. The molecule has 0 unspecified atom stereocenters. The molecule has 0 atom stereocenters. The highest BCUT2D eigenvalue weighted by atomic mass is 32.2. The number of hydrogen-bond acceptors (Lipinski definition) is 4. The molecule has 3 nitrogen and oxygen atoms in total. The molecule has 0 bridgehead atoms. The van der Waals surface area contributed by atoms with Gasteiger partial charge in [-0.25, -0.2) is 0 Å². The molecule has 28 heavy (non-hydrogen) atoms. The second-order valence-corrected chi connectivity index (χ2v) is 6.47. The Morgan fingerprint density at radius 3 is 2.36 bits per heavy atom. The van der Waals surface area contributed by atoms with E-state index in [0.717, 1.165) is 32.3 Å². The summed E-state index contributed by atoms with van der Waals surface area (Å²) in [7, 11) is 0. The molecule has 142 valence electrons. The van der Waals surface area contributed by atoms with Crippen LogP contribution in [-0.2, 0) is 0 Å². The van der Waals surface area contributed by atoms with E-state index in [9.17, 15) is 0 Å². The predicted molar refractivity (Wildman–Crippen MR) is 120 cm³/mol. The van der Waals surface area contributed by atoms with Gasteiger partial charge in [0.1, 0.15) is 0 Å². The van der Waals surface area contributed by atoms with E-state index in [1.165, 1.54) is 0 Å². The Kier molecular flexibility index (Phi) is 8.89. The molecule has 0 aliphatic carbocycles. The standard InChI is InChI=1S/C22H19N3S.C2H6/c1-3-5-9-17(4-2)21-19(11-7-14-24-21)26-20-12-8-15-25-22(20)18-10-6-13-23-16-18;1-2/h3-16H,1H2,2H3;1-2H3/b9-5-,17-4+;. The Labute approximate surface area is 172 Å². The quantitative estimate of drug-likeness (QED) is 0.433. The van der Waals surface area contributed by atoms with Crippen molar-refractivity contribution in [2.24, 2.45) is 0 Å². The van der Waals surface area contributed by atoms with Gasteiger partial charge in [-0.2, -0.15) is 0 Å². The van der Waals surface area contributed by atoms with Crippen LogP contribution >= 0.6 is 11.8 Å². The van der Waals surface area contributed by atoms with E-state index in [1.807, 2.05) is 69.6 Å². The van der Waals surface area contributed by atoms with Crippen molar-refractivity contribution in [1.29, 1.82) is 0 Å². The van der Waals surface area contributed by atoms with Crippen LogP contribution in [-0.4, -0.2) is 15.0 Å². The summed E-state index contributed by atoms with van der Waals surface area (Å²) in [5, 5.41) is 0. The summed E-state index contributed by atoms with van der Waals surface area (Å²) in [5.74, 6) is 0. The van der Waals surface area contributed by atoms with Gasteiger partial charge in [-0.3, -0.25) is 15.0 Å². The molecule has 0 radical (unpaired) electrons. The van der Waals surface area contributed by atoms with Gasteiger partial charge in [0.2, 0.25) is 0 Å². The van der Waals surface area contributed by atoms with Gasteiger partial charge in [-0.1, -0.05) is 56.5 Å². The fourth-order valence-corrected chi connectivity index (χ4v) is 3.55. The molecule has 0 saturated heterocycles. The first-order chi connectivity index (χ1) is 13.8. The van der Waals surface area contributed by atoms with E-state index < -0.39 is 0 Å². The van der Waals surface area contributed by atoms with Gasteiger partial charge in [0.05, 0.1) is 11.4 Å². The maximum absolute atomic E-state index is 4.59. The summed E-state index contributed by atoms with van der Waals surface area (Å²) in [4.78, 5) is 15.5. The molecule has 0 aliphatic rings. The van der Waals surface area contributed by atoms with Crippen LogP contribution in [0.1, 0.15) is 26.5 Å². The number of rotatable bonds is 6. The first-order valence-electron chi connectivity index (χ1n) is 9.27. The van der Waals surface area contributed by atoms with Crippen molar-refractivity contribution in [1.82, 2.24) is 15.0 Å². The molecule has 3 heterocycles. The summed E-state index contributed by atoms with van der Waals surface area (Å²) in [5.41, 5.74) is 3.92. The third-order valence-electron chi connectivity index (χ3n) is 3.69. The molecule has 0 aromatic carbocycles. The van der Waals surface area contributed by atoms with Crippen molar-refractivity contribution >= 4 is 17.3 Å². The lowest BCUT2D eigenvalue weighted by Gasteiger charge is -2.11. The summed E-state index contributed by atoms with van der Waals surface area (Å²) >= 11 is 1.66. The zero-order chi connectivity index (χ0) is 20.2. The zero-order valence-electron chi connectivity index (χ0n) is 16.5. The van der Waals surface area contributed by atoms with Gasteiger partial charge in [0.25, 0.3) is 0 Å². The Balaban J connectivity index is 0.00000136. The summed E-state index contributed by atoms with van der Waals surface area (Å²) in [6, 6.07) is 12.0. The average Bonchev–Trinajstić information content (AvgIpc) is 2.78. The summed E-state index contributed by atoms with van der Waals surface area (Å²) < 4.78 is 0. The highest BCUT2D eigenvalue weighted by Crippen LogP contribution is 2.37. The lowest BCUT2D eigenvalue weighted by molar-refractivity contribution is 1.17. The summed E-state index contributed by atoms with van der Waals surface area (Å²) in [6.07, 6.45) is 15.0. The van der Waals surface area contributed by atoms with Gasteiger partial charge >= 0.3 is 0 Å². The minimum absolute atomic E-state index is 0.920. The molecule has 3 aromatic rings. The highest BCUT2D eigenvalue weighted by molar-refractivity contribution is 7.99. The van der Waals surface area contributed by atoms with E-state index in [4.69, 9.17) is 0 Å². The molecular formula is C24H25N3S. The van der Waals surface area contributed by atoms with Crippen LogP contribution in [0.3, 0.4) is 0 Å². The average molecular weight is 388 g/mol. The van der Waals surface area contributed by atoms with Crippen molar-refractivity contribution in [2.75, 3.05) is 0 Å². The van der Waals surface area contributed by atoms with Crippen LogP contribution in [0.5, 0.6) is 0 Å². The molecule has 0 spiro atoms. The molecule has 0 aliphatic heterocycles. The van der Waals surface area contributed by atoms with E-state index in [-0.39, 0.29) is 0 Å². The van der Waals surface area contributed by atoms with E-state index in [1.54, 1.807) is 30.2 Å². The molecule has 0 N–H and O–H groups in total. The molecule has 3 rings (SSSR count). The maximum atomic E-state index is 4.59. The zero-order valence-corrected chi connectivity index (χ0v) is 17.4. The number of hydrogen-bond donors (Lipinski definition) is 0. The Morgan fingerprint density at radius 1 is 0.964 bits per heavy atom. The Hall–Kier alpha value is -2.98. The monoisotopic (exact) mass is 387 g/mol. The number of allylic oxidation sites excluding steroid dienone is 5. The fraction of sp³-hybridized carbons (Fsp3) is 0.125. The lowest BCUT2D eigenvalue weighted by Crippen LogP contribution is -1.92. The van der Waals surface area contributed by atoms with Crippen molar-refractivity contribution in [2.45, 2.75) is 30.6 Å². The number of pyridine rings is 3. The van der Waals surface area contributed by atoms with E-state index in [0.29, 0.717) is 0 Å². The number of nitrogens with zero attached hydrogens (tertiary/aromatic N) is 3. The molecule has 3 aromatic heterocycles. The van der Waals surface area contributed by atoms with Crippen molar-refractivity contribution in [3.05, 3.63) is 97.8 Å². The SMILES string of the molecule is C=C/C=C\C(=C/C)c1ncccc1Sc1cccnc1-c1cccnc1.CC. The van der Waals surface area contributed by atoms with Crippen LogP contribution in [0, 0.1) is 0 Å². The van der Waals surface area contributed by atoms with Crippen molar-refractivity contribution in [3.63, 3.8) is 0 Å². The van der Waals surface area contributed by atoms with Gasteiger partial charge < -0.3 is 0 Å². The molecule has 4 heteroatoms. The minimum atomic E-state index is 0.920. The van der Waals surface area contributed by atoms with Gasteiger partial charge in [0, 0.05) is 40.1 Å². The van der Waals surface area contributed by atoms with Crippen LogP contribution in [0.15, 0.2) is 102 Å². The smallest absolute Gasteiger partial charge is 0.0856 e. The fourth-order valence-electron chi connectivity index (χ4n) is 2.48. The summed E-state index contributed by atoms with van der Waals surface area (Å²) in [6.45, 7) is 9.75. The maximum Gasteiger partial charge on any atom is 0.0856 e. The largest absolute Gasteiger partial charge is 0.264 e. The second-order valence-electron chi connectivity index (χ2n) is 5.38. The molecule has 0 saturated carbocycles. The van der Waals surface area contributed by atoms with E-state index >= 15 is 0 Å². The van der Waals surface area contributed by atoms with Crippen molar-refractivity contribution in [3.8, 4) is 11.3 Å². The van der Waals surface area contributed by atoms with Gasteiger partial charge in [-0.05, 0) is 48.9 Å². The minimum Gasteiger partial charge on any atom is -0.264 e. The number of aromatic nitrogens is 3. The third-order valence-corrected chi connectivity index (χ3v) is 4.79. The normalized spacial score (nSPS) is 11.0. The first kappa shape index (κ1) is 21.3. The predicted octanol–water partition coefficient (Wildman–Crippen LogP) is 6.86. The van der Waals surface area contributed by atoms with Gasteiger partial charge in [0.15, 0.2) is 0 Å². The third kappa shape index (κ3) is 5.51. The molecule has 0 amide bonds. The van der Waals surface area contributed by atoms with Crippen molar-refractivity contribution < 1.29 is 0 Å². The lowest BCUT2D eigenvalue weighted by atomic mass is 10.1. The van der Waals surface area contributed by atoms with E-state index in [2.05, 4.69) is 39.7 Å². The highest BCUT2D eigenvalue weighted by Gasteiger charge is 2.12. The van der Waals surface area contributed by atoms with Crippen LogP contribution in [0.2, 0.25) is 0 Å². The molecular weight excluding hydrogens is 362 g/mol. The van der Waals surface area contributed by atoms with Crippen LogP contribution in [0.25, 0.3) is 16.8 Å². The van der Waals surface area contributed by atoms with Crippen LogP contribution < -0.4 is 0 Å². The topological polar surface area (TPSA) is 38.7 Å². The van der Waals surface area contributed by atoms with Gasteiger partial charge in [-0.15, -0.1) is 0 Å². The Morgan fingerprint density at radius 2 is 1.68 bits per heavy atom. The van der Waals surface area contributed by atoms with Crippen LogP contribution in [0.4, 0.5) is 0 Å². The first-order valence-corrected chi connectivity index (χ1v) is 10.1.